The van der Waals surface area contributed by atoms with E-state index in [9.17, 15) is 13.2 Å². The molecule has 0 unspecified atom stereocenters. The Morgan fingerprint density at radius 3 is 2.53 bits per heavy atom. The number of nitrogens with zero attached hydrogens (tertiary/aromatic N) is 1. The molecule has 0 aliphatic carbocycles. The summed E-state index contributed by atoms with van der Waals surface area (Å²) in [6.07, 6.45) is -2.95. The quantitative estimate of drug-likeness (QED) is 0.671. The normalized spacial score (nSPS) is 12.5. The zero-order valence-electron chi connectivity index (χ0n) is 10.0. The lowest BCUT2D eigenvalue weighted by molar-refractivity contribution is -0.136. The zero-order chi connectivity index (χ0) is 13.9. The van der Waals surface area contributed by atoms with Crippen LogP contribution in [0.1, 0.15) is 18.2 Å². The second-order valence-corrected chi connectivity index (χ2v) is 3.83. The van der Waals surface area contributed by atoms with Gasteiger partial charge in [-0.1, -0.05) is 12.1 Å². The fraction of sp³-hybridized carbons (Fsp3) is 0.154. The van der Waals surface area contributed by atoms with E-state index < -0.39 is 11.7 Å². The van der Waals surface area contributed by atoms with E-state index in [-0.39, 0.29) is 5.69 Å². The van der Waals surface area contributed by atoms with E-state index in [4.69, 9.17) is 4.42 Å². The highest BCUT2D eigenvalue weighted by atomic mass is 19.4. The maximum atomic E-state index is 12.7. The van der Waals surface area contributed by atoms with Gasteiger partial charge in [-0.2, -0.15) is 18.3 Å². The number of nitrogens with one attached hydrogen (secondary N) is 1. The van der Waals surface area contributed by atoms with Gasteiger partial charge in [0.2, 0.25) is 0 Å². The molecule has 1 N–H and O–H groups in total. The van der Waals surface area contributed by atoms with E-state index in [1.807, 2.05) is 0 Å². The summed E-state index contributed by atoms with van der Waals surface area (Å²) in [6, 6.07) is 8.52. The highest BCUT2D eigenvalue weighted by Gasteiger charge is 2.33. The summed E-state index contributed by atoms with van der Waals surface area (Å²) in [5.74, 6) is 0.497. The van der Waals surface area contributed by atoms with Gasteiger partial charge >= 0.3 is 6.18 Å². The summed E-state index contributed by atoms with van der Waals surface area (Å²) in [6.45, 7) is 1.64. The number of hydrazone groups is 1. The van der Waals surface area contributed by atoms with Crippen LogP contribution in [0.5, 0.6) is 0 Å². The standard InChI is InChI=1S/C13H11F3N2O/c1-9(12-7-4-8-19-12)17-18-11-6-3-2-5-10(11)13(14,15)16/h2-8,18H,1H3. The average molecular weight is 268 g/mol. The molecule has 1 aromatic carbocycles. The summed E-state index contributed by atoms with van der Waals surface area (Å²) < 4.78 is 43.3. The number of alkyl halides is 3. The Hall–Kier alpha value is -2.24. The van der Waals surface area contributed by atoms with Crippen LogP contribution in [0, 0.1) is 0 Å². The highest BCUT2D eigenvalue weighted by molar-refractivity contribution is 5.96. The van der Waals surface area contributed by atoms with Crippen molar-refractivity contribution in [2.24, 2.45) is 5.10 Å². The lowest BCUT2D eigenvalue weighted by Crippen LogP contribution is -2.09. The van der Waals surface area contributed by atoms with Crippen LogP contribution in [0.2, 0.25) is 0 Å². The van der Waals surface area contributed by atoms with Gasteiger partial charge in [0, 0.05) is 0 Å². The first kappa shape index (κ1) is 13.2. The molecule has 100 valence electrons. The minimum absolute atomic E-state index is 0.0964. The lowest BCUT2D eigenvalue weighted by atomic mass is 10.2. The third kappa shape index (κ3) is 3.15. The van der Waals surface area contributed by atoms with Gasteiger partial charge in [0.1, 0.15) is 11.5 Å². The number of halogens is 3. The molecule has 0 atom stereocenters. The number of rotatable bonds is 3. The molecule has 2 aromatic rings. The predicted molar refractivity (Wildman–Crippen MR) is 66.0 cm³/mol. The fourth-order valence-electron chi connectivity index (χ4n) is 1.51. The van der Waals surface area contributed by atoms with Crippen molar-refractivity contribution in [1.29, 1.82) is 0 Å². The SMILES string of the molecule is CC(=NNc1ccccc1C(F)(F)F)c1ccco1. The molecule has 2 rings (SSSR count). The molecule has 0 saturated carbocycles. The van der Waals surface area contributed by atoms with Crippen molar-refractivity contribution in [1.82, 2.24) is 0 Å². The molecule has 19 heavy (non-hydrogen) atoms. The van der Waals surface area contributed by atoms with Crippen LogP contribution in [0.25, 0.3) is 0 Å². The Bertz CT molecular complexity index is 574. The predicted octanol–water partition coefficient (Wildman–Crippen LogP) is 4.13. The number of anilines is 1. The second kappa shape index (κ2) is 5.17. The van der Waals surface area contributed by atoms with E-state index in [1.54, 1.807) is 19.1 Å². The molecule has 3 nitrogen and oxygen atoms in total. The smallest absolute Gasteiger partial charge is 0.418 e. The Balaban J connectivity index is 2.23. The number of hydrogen-bond donors (Lipinski definition) is 1. The molecule has 6 heteroatoms. The molecular formula is C13H11F3N2O. The monoisotopic (exact) mass is 268 g/mol. The second-order valence-electron chi connectivity index (χ2n) is 3.83. The van der Waals surface area contributed by atoms with Crippen molar-refractivity contribution in [2.75, 3.05) is 5.43 Å². The first-order valence-corrected chi connectivity index (χ1v) is 5.49. The van der Waals surface area contributed by atoms with Crippen molar-refractivity contribution in [2.45, 2.75) is 13.1 Å². The van der Waals surface area contributed by atoms with Crippen molar-refractivity contribution < 1.29 is 17.6 Å². The van der Waals surface area contributed by atoms with Gasteiger partial charge in [0.15, 0.2) is 0 Å². The molecule has 0 radical (unpaired) electrons. The first-order valence-electron chi connectivity index (χ1n) is 5.49. The number of para-hydroxylation sites is 1. The van der Waals surface area contributed by atoms with Crippen molar-refractivity contribution in [3.05, 3.63) is 54.0 Å². The highest BCUT2D eigenvalue weighted by Crippen LogP contribution is 2.34. The molecule has 0 bridgehead atoms. The van der Waals surface area contributed by atoms with Gasteiger partial charge in [-0.05, 0) is 31.2 Å². The summed E-state index contributed by atoms with van der Waals surface area (Å²) in [5.41, 5.74) is 2.02. The summed E-state index contributed by atoms with van der Waals surface area (Å²) >= 11 is 0. The first-order chi connectivity index (χ1) is 8.98. The van der Waals surface area contributed by atoms with Crippen LogP contribution in [0.15, 0.2) is 52.2 Å². The lowest BCUT2D eigenvalue weighted by Gasteiger charge is -2.11. The Morgan fingerprint density at radius 1 is 1.16 bits per heavy atom. The van der Waals surface area contributed by atoms with Gasteiger partial charge in [-0.15, -0.1) is 0 Å². The van der Waals surface area contributed by atoms with Crippen LogP contribution in [0.3, 0.4) is 0 Å². The third-order valence-electron chi connectivity index (χ3n) is 2.45. The molecule has 0 saturated heterocycles. The Kier molecular flexibility index (Phi) is 3.59. The molecule has 0 aliphatic heterocycles. The van der Waals surface area contributed by atoms with E-state index >= 15 is 0 Å². The van der Waals surface area contributed by atoms with Crippen molar-refractivity contribution >= 4 is 11.4 Å². The topological polar surface area (TPSA) is 37.5 Å². The number of benzene rings is 1. The molecule has 0 amide bonds. The molecule has 0 aliphatic rings. The van der Waals surface area contributed by atoms with Gasteiger partial charge in [-0.3, -0.25) is 5.43 Å². The fourth-order valence-corrected chi connectivity index (χ4v) is 1.51. The summed E-state index contributed by atoms with van der Waals surface area (Å²) in [7, 11) is 0. The minimum atomic E-state index is -4.42. The van der Waals surface area contributed by atoms with Crippen LogP contribution in [-0.2, 0) is 6.18 Å². The van der Waals surface area contributed by atoms with Gasteiger partial charge < -0.3 is 4.42 Å². The Morgan fingerprint density at radius 2 is 1.89 bits per heavy atom. The van der Waals surface area contributed by atoms with Crippen LogP contribution < -0.4 is 5.43 Å². The molecular weight excluding hydrogens is 257 g/mol. The van der Waals surface area contributed by atoms with Crippen LogP contribution in [-0.4, -0.2) is 5.71 Å². The molecule has 0 fully saturated rings. The van der Waals surface area contributed by atoms with Crippen molar-refractivity contribution in [3.8, 4) is 0 Å². The summed E-state index contributed by atoms with van der Waals surface area (Å²) in [4.78, 5) is 0. The van der Waals surface area contributed by atoms with Crippen LogP contribution >= 0.6 is 0 Å². The average Bonchev–Trinajstić information content (AvgIpc) is 2.89. The van der Waals surface area contributed by atoms with Gasteiger partial charge in [0.25, 0.3) is 0 Å². The molecule has 1 heterocycles. The Labute approximate surface area is 107 Å². The largest absolute Gasteiger partial charge is 0.463 e. The number of hydrogen-bond acceptors (Lipinski definition) is 3. The minimum Gasteiger partial charge on any atom is -0.463 e. The number of furan rings is 1. The van der Waals surface area contributed by atoms with E-state index in [1.165, 1.54) is 24.5 Å². The summed E-state index contributed by atoms with van der Waals surface area (Å²) in [5, 5.41) is 3.88. The third-order valence-corrected chi connectivity index (χ3v) is 2.45. The molecule has 0 spiro atoms. The van der Waals surface area contributed by atoms with E-state index in [0.717, 1.165) is 6.07 Å². The van der Waals surface area contributed by atoms with E-state index in [2.05, 4.69) is 10.5 Å². The van der Waals surface area contributed by atoms with Crippen molar-refractivity contribution in [3.63, 3.8) is 0 Å². The van der Waals surface area contributed by atoms with Gasteiger partial charge in [0.05, 0.1) is 17.5 Å². The van der Waals surface area contributed by atoms with Gasteiger partial charge in [-0.25, -0.2) is 0 Å². The maximum Gasteiger partial charge on any atom is 0.418 e. The van der Waals surface area contributed by atoms with Crippen LogP contribution in [0.4, 0.5) is 18.9 Å². The zero-order valence-corrected chi connectivity index (χ0v) is 10.0. The van der Waals surface area contributed by atoms with E-state index in [0.29, 0.717) is 11.5 Å². The molecule has 1 aromatic heterocycles. The maximum absolute atomic E-state index is 12.7.